The minimum absolute atomic E-state index is 0. The van der Waals surface area contributed by atoms with E-state index in [2.05, 4.69) is 5.32 Å². The average molecular weight is 209 g/mol. The fourth-order valence-corrected chi connectivity index (χ4v) is 1.09. The van der Waals surface area contributed by atoms with Crippen LogP contribution in [0.5, 0.6) is 0 Å². The molecule has 1 amide bonds. The van der Waals surface area contributed by atoms with Crippen LogP contribution >= 0.6 is 0 Å². The van der Waals surface area contributed by atoms with Gasteiger partial charge in [0.15, 0.2) is 0 Å². The predicted octanol–water partition coefficient (Wildman–Crippen LogP) is 3.12. The number of benzene rings is 1. The van der Waals surface area contributed by atoms with E-state index < -0.39 is 11.7 Å². The lowest BCUT2D eigenvalue weighted by Gasteiger charge is -1.91. The highest BCUT2D eigenvalue weighted by Crippen LogP contribution is 2.21. The molecule has 0 saturated carbocycles. The predicted molar refractivity (Wildman–Crippen MR) is 64.2 cm³/mol. The lowest BCUT2D eigenvalue weighted by atomic mass is 10.1. The monoisotopic (exact) mass is 209 g/mol. The molecular weight excluding hydrogens is 190 g/mol. The second-order valence-electron chi connectivity index (χ2n) is 2.33. The van der Waals surface area contributed by atoms with E-state index in [9.17, 15) is 9.59 Å². The molecule has 0 saturated heterocycles. The first-order chi connectivity index (χ1) is 7.29. The fraction of sp³-hybridized carbons (Fsp3) is 0.333. The topological polar surface area (TPSA) is 46.2 Å². The highest BCUT2D eigenvalue weighted by atomic mass is 16.2. The Morgan fingerprint density at radius 3 is 2.07 bits per heavy atom. The Kier molecular flexibility index (Phi) is 6.02. The van der Waals surface area contributed by atoms with Gasteiger partial charge < -0.3 is 5.32 Å². The molecule has 0 spiro atoms. The number of hydrogen-bond donors (Lipinski definition) is 1. The van der Waals surface area contributed by atoms with E-state index in [-0.39, 0.29) is 1.43 Å². The van der Waals surface area contributed by atoms with Crippen LogP contribution < -0.4 is 5.32 Å². The van der Waals surface area contributed by atoms with Crippen LogP contribution in [0, 0.1) is 0 Å². The number of para-hydroxylation sites is 1. The summed E-state index contributed by atoms with van der Waals surface area (Å²) >= 11 is 0. The molecular formula is C12H19NO2. The lowest BCUT2D eigenvalue weighted by molar-refractivity contribution is -0.112. The molecule has 1 N–H and O–H groups in total. The standard InChI is InChI=1S/C8H5NO2.2C2H6.H2/c10-7-5-3-1-2-4-6(5)9-8(7)11;2*1-2;/h1-4H,(H,9,10,11);2*1-2H3;1H. The van der Waals surface area contributed by atoms with Crippen LogP contribution in [0.25, 0.3) is 0 Å². The SMILES string of the molecule is CC.CC.O=C1Nc2ccccc2C1=O.[HH]. The van der Waals surface area contributed by atoms with Crippen LogP contribution in [-0.4, -0.2) is 11.7 Å². The van der Waals surface area contributed by atoms with E-state index in [0.29, 0.717) is 11.3 Å². The number of hydrogen-bond acceptors (Lipinski definition) is 2. The third kappa shape index (κ3) is 2.91. The summed E-state index contributed by atoms with van der Waals surface area (Å²) in [5, 5.41) is 2.46. The first-order valence-electron chi connectivity index (χ1n) is 5.24. The number of carbonyl (C=O) groups excluding carboxylic acids is 2. The van der Waals surface area contributed by atoms with Crippen LogP contribution in [0.4, 0.5) is 5.69 Å². The summed E-state index contributed by atoms with van der Waals surface area (Å²) in [5.74, 6) is -0.980. The van der Waals surface area contributed by atoms with Gasteiger partial charge in [0, 0.05) is 1.43 Å². The number of nitrogens with one attached hydrogen (secondary N) is 1. The quantitative estimate of drug-likeness (QED) is 0.667. The molecule has 1 aliphatic heterocycles. The Morgan fingerprint density at radius 1 is 1.00 bits per heavy atom. The molecule has 15 heavy (non-hydrogen) atoms. The van der Waals surface area contributed by atoms with Crippen LogP contribution in [0.1, 0.15) is 39.5 Å². The van der Waals surface area contributed by atoms with E-state index in [4.69, 9.17) is 0 Å². The van der Waals surface area contributed by atoms with Crippen molar-refractivity contribution in [3.05, 3.63) is 29.8 Å². The highest BCUT2D eigenvalue weighted by molar-refractivity contribution is 6.51. The Bertz CT molecular complexity index is 351. The second kappa shape index (κ2) is 6.76. The first kappa shape index (κ1) is 13.4. The number of fused-ring (bicyclic) bond motifs is 1. The van der Waals surface area contributed by atoms with E-state index in [1.54, 1.807) is 24.3 Å². The largest absolute Gasteiger partial charge is 0.318 e. The lowest BCUT2D eigenvalue weighted by Crippen LogP contribution is -2.12. The van der Waals surface area contributed by atoms with E-state index >= 15 is 0 Å². The maximum atomic E-state index is 11.0. The van der Waals surface area contributed by atoms with Gasteiger partial charge in [-0.05, 0) is 12.1 Å². The maximum Gasteiger partial charge on any atom is 0.296 e. The Balaban J connectivity index is 0. The summed E-state index contributed by atoms with van der Waals surface area (Å²) in [6.07, 6.45) is 0. The first-order valence-corrected chi connectivity index (χ1v) is 5.24. The van der Waals surface area contributed by atoms with E-state index in [1.165, 1.54) is 0 Å². The van der Waals surface area contributed by atoms with Gasteiger partial charge in [-0.25, -0.2) is 0 Å². The van der Waals surface area contributed by atoms with Gasteiger partial charge in [-0.2, -0.15) is 0 Å². The molecule has 3 heteroatoms. The molecule has 84 valence electrons. The summed E-state index contributed by atoms with van der Waals surface area (Å²) in [6.45, 7) is 8.00. The number of amides is 1. The molecule has 3 nitrogen and oxygen atoms in total. The zero-order valence-electron chi connectivity index (χ0n) is 9.63. The normalized spacial score (nSPS) is 11.5. The number of carbonyl (C=O) groups is 2. The molecule has 1 aromatic carbocycles. The van der Waals surface area contributed by atoms with Gasteiger partial charge >= 0.3 is 0 Å². The van der Waals surface area contributed by atoms with Gasteiger partial charge in [0.25, 0.3) is 11.7 Å². The van der Waals surface area contributed by atoms with Gasteiger partial charge in [0.2, 0.25) is 0 Å². The fourth-order valence-electron chi connectivity index (χ4n) is 1.09. The third-order valence-corrected chi connectivity index (χ3v) is 1.63. The van der Waals surface area contributed by atoms with E-state index in [0.717, 1.165) is 0 Å². The van der Waals surface area contributed by atoms with Gasteiger partial charge in [-0.3, -0.25) is 9.59 Å². The summed E-state index contributed by atoms with van der Waals surface area (Å²) in [6, 6.07) is 6.85. The van der Waals surface area contributed by atoms with Crippen molar-refractivity contribution in [1.82, 2.24) is 0 Å². The van der Waals surface area contributed by atoms with Crippen LogP contribution in [0.2, 0.25) is 0 Å². The van der Waals surface area contributed by atoms with Crippen molar-refractivity contribution in [1.29, 1.82) is 0 Å². The second-order valence-corrected chi connectivity index (χ2v) is 2.33. The number of anilines is 1. The Morgan fingerprint density at radius 2 is 1.53 bits per heavy atom. The molecule has 0 aliphatic carbocycles. The average Bonchev–Trinajstić information content (AvgIpc) is 2.61. The Hall–Kier alpha value is -1.64. The number of ketones is 1. The van der Waals surface area contributed by atoms with Gasteiger partial charge in [-0.15, -0.1) is 0 Å². The van der Waals surface area contributed by atoms with Crippen LogP contribution in [0.3, 0.4) is 0 Å². The van der Waals surface area contributed by atoms with Crippen molar-refractivity contribution >= 4 is 17.4 Å². The van der Waals surface area contributed by atoms with Crippen molar-refractivity contribution in [2.75, 3.05) is 5.32 Å². The molecule has 0 bridgehead atoms. The molecule has 1 heterocycles. The highest BCUT2D eigenvalue weighted by Gasteiger charge is 2.26. The number of Topliss-reactive ketones (excluding diaryl/α,β-unsaturated/α-hetero) is 1. The van der Waals surface area contributed by atoms with Gasteiger partial charge in [0.05, 0.1) is 11.3 Å². The number of rotatable bonds is 0. The maximum absolute atomic E-state index is 11.0. The molecule has 0 atom stereocenters. The molecule has 0 fully saturated rings. The van der Waals surface area contributed by atoms with Crippen molar-refractivity contribution < 1.29 is 11.0 Å². The summed E-state index contributed by atoms with van der Waals surface area (Å²) in [5.41, 5.74) is 1.08. The van der Waals surface area contributed by atoms with Crippen molar-refractivity contribution in [2.24, 2.45) is 0 Å². The summed E-state index contributed by atoms with van der Waals surface area (Å²) in [7, 11) is 0. The zero-order chi connectivity index (χ0) is 11.8. The minimum atomic E-state index is -0.536. The van der Waals surface area contributed by atoms with Gasteiger partial charge in [-0.1, -0.05) is 39.8 Å². The molecule has 0 aromatic heterocycles. The van der Waals surface area contributed by atoms with E-state index in [1.807, 2.05) is 27.7 Å². The minimum Gasteiger partial charge on any atom is -0.318 e. The smallest absolute Gasteiger partial charge is 0.296 e. The third-order valence-electron chi connectivity index (χ3n) is 1.63. The molecule has 0 unspecified atom stereocenters. The van der Waals surface area contributed by atoms with Crippen molar-refractivity contribution in [3.63, 3.8) is 0 Å². The summed E-state index contributed by atoms with van der Waals surface area (Å²) < 4.78 is 0. The molecule has 1 aromatic rings. The molecule has 1 aliphatic rings. The van der Waals surface area contributed by atoms with Crippen molar-refractivity contribution in [2.45, 2.75) is 27.7 Å². The Labute approximate surface area is 92.0 Å². The summed E-state index contributed by atoms with van der Waals surface area (Å²) in [4.78, 5) is 21.8. The zero-order valence-corrected chi connectivity index (χ0v) is 9.63. The van der Waals surface area contributed by atoms with Crippen LogP contribution in [-0.2, 0) is 4.79 Å². The molecule has 2 rings (SSSR count). The van der Waals surface area contributed by atoms with Crippen LogP contribution in [0.15, 0.2) is 24.3 Å². The molecule has 0 radical (unpaired) electrons. The van der Waals surface area contributed by atoms with Gasteiger partial charge in [0.1, 0.15) is 0 Å². The van der Waals surface area contributed by atoms with Crippen molar-refractivity contribution in [3.8, 4) is 0 Å².